The lowest BCUT2D eigenvalue weighted by Gasteiger charge is -2.05. The van der Waals surface area contributed by atoms with Gasteiger partial charge in [-0.25, -0.2) is 4.79 Å². The van der Waals surface area contributed by atoms with E-state index in [-0.39, 0.29) is 6.03 Å². The van der Waals surface area contributed by atoms with Crippen molar-refractivity contribution in [3.05, 3.63) is 21.9 Å². The van der Waals surface area contributed by atoms with Crippen LogP contribution in [0.2, 0.25) is 0 Å². The average Bonchev–Trinajstić information content (AvgIpc) is 2.74. The average molecular weight is 240 g/mol. The highest BCUT2D eigenvalue weighted by atomic mass is 32.1. The van der Waals surface area contributed by atoms with Gasteiger partial charge in [-0.15, -0.1) is 11.3 Å². The van der Waals surface area contributed by atoms with E-state index in [0.29, 0.717) is 6.54 Å². The first-order valence-corrected chi connectivity index (χ1v) is 6.67. The largest absolute Gasteiger partial charge is 0.338 e. The lowest BCUT2D eigenvalue weighted by Crippen LogP contribution is -2.35. The summed E-state index contributed by atoms with van der Waals surface area (Å²) in [6, 6.07) is 4.13. The molecule has 3 nitrogen and oxygen atoms in total. The van der Waals surface area contributed by atoms with Crippen LogP contribution in [0, 0.1) is 0 Å². The third kappa shape index (κ3) is 4.66. The molecule has 0 fully saturated rings. The molecule has 1 aromatic rings. The number of carbonyl (C=O) groups excluding carboxylic acids is 1. The Morgan fingerprint density at radius 2 is 2.00 bits per heavy atom. The maximum atomic E-state index is 11.3. The van der Waals surface area contributed by atoms with Gasteiger partial charge < -0.3 is 10.6 Å². The Morgan fingerprint density at radius 3 is 2.62 bits per heavy atom. The zero-order valence-corrected chi connectivity index (χ0v) is 10.8. The summed E-state index contributed by atoms with van der Waals surface area (Å²) >= 11 is 1.76. The molecule has 0 atom stereocenters. The number of unbranched alkanes of at least 4 members (excludes halogenated alkanes) is 1. The quantitative estimate of drug-likeness (QED) is 0.738. The van der Waals surface area contributed by atoms with Crippen molar-refractivity contribution in [3.63, 3.8) is 0 Å². The molecule has 0 bridgehead atoms. The number of carbonyl (C=O) groups is 1. The Morgan fingerprint density at radius 1 is 1.25 bits per heavy atom. The number of hydrogen-bond donors (Lipinski definition) is 2. The summed E-state index contributed by atoms with van der Waals surface area (Å²) < 4.78 is 0. The van der Waals surface area contributed by atoms with E-state index in [4.69, 9.17) is 0 Å². The molecule has 0 saturated heterocycles. The molecule has 1 rings (SSSR count). The van der Waals surface area contributed by atoms with Crippen LogP contribution in [-0.2, 0) is 13.0 Å². The van der Waals surface area contributed by atoms with Gasteiger partial charge in [-0.2, -0.15) is 0 Å². The molecule has 4 heteroatoms. The van der Waals surface area contributed by atoms with Gasteiger partial charge in [0.15, 0.2) is 0 Å². The number of hydrogen-bond acceptors (Lipinski definition) is 2. The van der Waals surface area contributed by atoms with Crippen molar-refractivity contribution in [2.75, 3.05) is 6.54 Å². The van der Waals surface area contributed by atoms with Crippen molar-refractivity contribution in [2.24, 2.45) is 0 Å². The van der Waals surface area contributed by atoms with E-state index < -0.39 is 0 Å². The van der Waals surface area contributed by atoms with E-state index in [2.05, 4.69) is 36.6 Å². The molecular weight excluding hydrogens is 220 g/mol. The standard InChI is InChI=1S/C12H20N2OS/c1-3-5-8-13-12(15)14-9-11-7-6-10(4-2)16-11/h6-7H,3-5,8-9H2,1-2H3,(H2,13,14,15). The van der Waals surface area contributed by atoms with E-state index in [1.54, 1.807) is 11.3 Å². The normalized spacial score (nSPS) is 10.1. The first-order valence-electron chi connectivity index (χ1n) is 5.85. The van der Waals surface area contributed by atoms with E-state index in [9.17, 15) is 4.79 Å². The molecule has 0 aliphatic heterocycles. The molecule has 0 saturated carbocycles. The zero-order valence-electron chi connectivity index (χ0n) is 10.0. The van der Waals surface area contributed by atoms with E-state index in [1.807, 2.05) is 0 Å². The van der Waals surface area contributed by atoms with Crippen molar-refractivity contribution in [3.8, 4) is 0 Å². The molecule has 16 heavy (non-hydrogen) atoms. The van der Waals surface area contributed by atoms with Crippen LogP contribution in [0.15, 0.2) is 12.1 Å². The summed E-state index contributed by atoms with van der Waals surface area (Å²) in [7, 11) is 0. The van der Waals surface area contributed by atoms with Gasteiger partial charge in [0, 0.05) is 16.3 Å². The zero-order chi connectivity index (χ0) is 11.8. The maximum Gasteiger partial charge on any atom is 0.315 e. The highest BCUT2D eigenvalue weighted by molar-refractivity contribution is 7.11. The second-order valence-electron chi connectivity index (χ2n) is 3.68. The Hall–Kier alpha value is -1.03. The number of thiophene rings is 1. The minimum atomic E-state index is -0.0695. The minimum absolute atomic E-state index is 0.0695. The predicted octanol–water partition coefficient (Wildman–Crippen LogP) is 2.91. The van der Waals surface area contributed by atoms with Gasteiger partial charge in [0.1, 0.15) is 0 Å². The molecule has 0 radical (unpaired) electrons. The van der Waals surface area contributed by atoms with Crippen LogP contribution in [-0.4, -0.2) is 12.6 Å². The summed E-state index contributed by atoms with van der Waals surface area (Å²) in [5, 5.41) is 5.68. The molecule has 2 amide bonds. The van der Waals surface area contributed by atoms with Gasteiger partial charge in [-0.1, -0.05) is 20.3 Å². The van der Waals surface area contributed by atoms with Crippen molar-refractivity contribution in [2.45, 2.75) is 39.7 Å². The summed E-state index contributed by atoms with van der Waals surface area (Å²) in [6.07, 6.45) is 3.20. The number of nitrogens with one attached hydrogen (secondary N) is 2. The molecular formula is C12H20N2OS. The summed E-state index contributed by atoms with van der Waals surface area (Å²) in [5.74, 6) is 0. The monoisotopic (exact) mass is 240 g/mol. The third-order valence-corrected chi connectivity index (χ3v) is 3.53. The lowest BCUT2D eigenvalue weighted by molar-refractivity contribution is 0.240. The van der Waals surface area contributed by atoms with Crippen LogP contribution in [0.5, 0.6) is 0 Å². The first kappa shape index (κ1) is 13.0. The van der Waals surface area contributed by atoms with Gasteiger partial charge in [-0.05, 0) is 25.0 Å². The summed E-state index contributed by atoms with van der Waals surface area (Å²) in [5.41, 5.74) is 0. The Bertz CT molecular complexity index is 323. The number of amides is 2. The number of aryl methyl sites for hydroxylation is 1. The Balaban J connectivity index is 2.20. The SMILES string of the molecule is CCCCNC(=O)NCc1ccc(CC)s1. The van der Waals surface area contributed by atoms with Gasteiger partial charge in [-0.3, -0.25) is 0 Å². The first-order chi connectivity index (χ1) is 7.76. The van der Waals surface area contributed by atoms with Crippen LogP contribution < -0.4 is 10.6 Å². The van der Waals surface area contributed by atoms with Crippen molar-refractivity contribution in [1.82, 2.24) is 10.6 Å². The molecule has 0 aromatic carbocycles. The topological polar surface area (TPSA) is 41.1 Å². The molecule has 0 unspecified atom stereocenters. The molecule has 1 aromatic heterocycles. The smallest absolute Gasteiger partial charge is 0.315 e. The minimum Gasteiger partial charge on any atom is -0.338 e. The summed E-state index contributed by atoms with van der Waals surface area (Å²) in [4.78, 5) is 13.9. The fraction of sp³-hybridized carbons (Fsp3) is 0.583. The van der Waals surface area contributed by atoms with E-state index in [1.165, 1.54) is 9.75 Å². The molecule has 0 aliphatic rings. The second-order valence-corrected chi connectivity index (χ2v) is 4.94. The van der Waals surface area contributed by atoms with Crippen LogP contribution >= 0.6 is 11.3 Å². The van der Waals surface area contributed by atoms with Crippen LogP contribution in [0.4, 0.5) is 4.79 Å². The van der Waals surface area contributed by atoms with Crippen LogP contribution in [0.3, 0.4) is 0 Å². The highest BCUT2D eigenvalue weighted by Gasteiger charge is 2.01. The van der Waals surface area contributed by atoms with E-state index >= 15 is 0 Å². The Kier molecular flexibility index (Phi) is 5.93. The highest BCUT2D eigenvalue weighted by Crippen LogP contribution is 2.16. The van der Waals surface area contributed by atoms with Crippen molar-refractivity contribution < 1.29 is 4.79 Å². The van der Waals surface area contributed by atoms with Gasteiger partial charge in [0.25, 0.3) is 0 Å². The fourth-order valence-electron chi connectivity index (χ4n) is 1.32. The third-order valence-electron chi connectivity index (χ3n) is 2.30. The summed E-state index contributed by atoms with van der Waals surface area (Å²) in [6.45, 7) is 5.63. The molecule has 2 N–H and O–H groups in total. The lowest BCUT2D eigenvalue weighted by atomic mass is 10.3. The molecule has 0 aliphatic carbocycles. The maximum absolute atomic E-state index is 11.3. The van der Waals surface area contributed by atoms with Crippen molar-refractivity contribution >= 4 is 17.4 Å². The predicted molar refractivity (Wildman–Crippen MR) is 68.8 cm³/mol. The van der Waals surface area contributed by atoms with Gasteiger partial charge in [0.05, 0.1) is 6.54 Å². The Labute approximate surface area is 101 Å². The molecule has 0 spiro atoms. The van der Waals surface area contributed by atoms with Crippen LogP contribution in [0.25, 0.3) is 0 Å². The van der Waals surface area contributed by atoms with Crippen molar-refractivity contribution in [1.29, 1.82) is 0 Å². The van der Waals surface area contributed by atoms with Gasteiger partial charge in [0.2, 0.25) is 0 Å². The van der Waals surface area contributed by atoms with Crippen LogP contribution in [0.1, 0.15) is 36.4 Å². The van der Waals surface area contributed by atoms with E-state index in [0.717, 1.165) is 25.8 Å². The second kappa shape index (κ2) is 7.28. The molecule has 90 valence electrons. The van der Waals surface area contributed by atoms with Gasteiger partial charge >= 0.3 is 6.03 Å². The molecule has 1 heterocycles. The number of rotatable bonds is 6. The fourth-order valence-corrected chi connectivity index (χ4v) is 2.21. The number of urea groups is 1.